The van der Waals surface area contributed by atoms with Crippen LogP contribution in [0.2, 0.25) is 18.0 Å². The molecule has 0 radical (unpaired) electrons. The van der Waals surface area contributed by atoms with Gasteiger partial charge in [0.25, 0.3) is 0 Å². The van der Waals surface area contributed by atoms with Gasteiger partial charge in [0.15, 0.2) is 6.71 Å². The Hall–Kier alpha value is -0.715. The maximum atomic E-state index is 2.65. The van der Waals surface area contributed by atoms with Gasteiger partial charge < -0.3 is 0 Å². The van der Waals surface area contributed by atoms with Gasteiger partial charge in [0.05, 0.1) is 0 Å². The van der Waals surface area contributed by atoms with Crippen molar-refractivity contribution in [1.29, 1.82) is 0 Å². The standard InChI is InChI=1S/C25H43B/c1-17(2)13-24(19(5)6)26(25(20(7)8)14-18(3)4)12-11-23-16-21-9-10-22(23)15-21/h13-14,16,19-22,24-25H,9-12,15H2,1-8H3. The maximum absolute atomic E-state index is 2.65. The summed E-state index contributed by atoms with van der Waals surface area (Å²) in [4.78, 5) is 0. The number of hydrogen-bond donors (Lipinski definition) is 0. The first-order valence-corrected chi connectivity index (χ1v) is 11.2. The molecule has 0 spiro atoms. The monoisotopic (exact) mass is 354 g/mol. The van der Waals surface area contributed by atoms with E-state index < -0.39 is 0 Å². The fourth-order valence-electron chi connectivity index (χ4n) is 5.60. The predicted octanol–water partition coefficient (Wildman–Crippen LogP) is 8.21. The zero-order chi connectivity index (χ0) is 19.4. The van der Waals surface area contributed by atoms with Gasteiger partial charge >= 0.3 is 0 Å². The van der Waals surface area contributed by atoms with Gasteiger partial charge in [-0.25, -0.2) is 0 Å². The van der Waals surface area contributed by atoms with E-state index in [0.717, 1.165) is 18.5 Å². The van der Waals surface area contributed by atoms with E-state index in [1.54, 1.807) is 0 Å². The van der Waals surface area contributed by atoms with Crippen LogP contribution in [-0.2, 0) is 0 Å². The second-order valence-electron chi connectivity index (χ2n) is 10.3. The summed E-state index contributed by atoms with van der Waals surface area (Å²) in [6.45, 7) is 19.5. The minimum absolute atomic E-state index is 0.683. The lowest BCUT2D eigenvalue weighted by molar-refractivity contribution is 0.592. The molecule has 0 aromatic heterocycles. The minimum Gasteiger partial charge on any atom is -0.0897 e. The van der Waals surface area contributed by atoms with E-state index >= 15 is 0 Å². The molecule has 0 N–H and O–H groups in total. The third-order valence-corrected chi connectivity index (χ3v) is 6.79. The molecule has 4 unspecified atom stereocenters. The highest BCUT2D eigenvalue weighted by molar-refractivity contribution is 6.63. The first kappa shape index (κ1) is 21.6. The van der Waals surface area contributed by atoms with Gasteiger partial charge in [-0.1, -0.05) is 69.0 Å². The Bertz CT molecular complexity index is 511. The number of fused-ring (bicyclic) bond motifs is 2. The number of rotatable bonds is 9. The van der Waals surface area contributed by atoms with Crippen molar-refractivity contribution in [3.8, 4) is 0 Å². The fourth-order valence-corrected chi connectivity index (χ4v) is 5.60. The van der Waals surface area contributed by atoms with Crippen LogP contribution in [-0.4, -0.2) is 6.71 Å². The van der Waals surface area contributed by atoms with E-state index in [2.05, 4.69) is 73.6 Å². The molecule has 0 nitrogen and oxygen atoms in total. The molecule has 0 aromatic rings. The van der Waals surface area contributed by atoms with Crippen molar-refractivity contribution >= 4 is 6.71 Å². The normalized spacial score (nSPS) is 23.8. The summed E-state index contributed by atoms with van der Waals surface area (Å²) >= 11 is 0. The SMILES string of the molecule is CC(C)=CC(B(CCC1=CC2CCC1C2)C(C=C(C)C)C(C)C)C(C)C. The quantitative estimate of drug-likeness (QED) is 0.289. The van der Waals surface area contributed by atoms with E-state index in [1.165, 1.54) is 43.1 Å². The van der Waals surface area contributed by atoms with E-state index in [0.29, 0.717) is 23.5 Å². The Labute approximate surface area is 164 Å². The fraction of sp³-hybridized carbons (Fsp3) is 0.760. The molecule has 0 amide bonds. The molecular weight excluding hydrogens is 311 g/mol. The number of allylic oxidation sites excluding steroid dienone is 6. The van der Waals surface area contributed by atoms with Crippen LogP contribution in [0.25, 0.3) is 0 Å². The third-order valence-electron chi connectivity index (χ3n) is 6.79. The van der Waals surface area contributed by atoms with Crippen molar-refractivity contribution < 1.29 is 0 Å². The van der Waals surface area contributed by atoms with Gasteiger partial charge in [-0.05, 0) is 88.7 Å². The average molecular weight is 354 g/mol. The molecule has 4 atom stereocenters. The van der Waals surface area contributed by atoms with Crippen LogP contribution in [0, 0.1) is 23.7 Å². The molecule has 0 aliphatic heterocycles. The van der Waals surface area contributed by atoms with Crippen LogP contribution < -0.4 is 0 Å². The van der Waals surface area contributed by atoms with Crippen LogP contribution >= 0.6 is 0 Å². The molecule has 26 heavy (non-hydrogen) atoms. The largest absolute Gasteiger partial charge is 0.155 e. The van der Waals surface area contributed by atoms with Crippen molar-refractivity contribution in [1.82, 2.24) is 0 Å². The summed E-state index contributed by atoms with van der Waals surface area (Å²) in [6.07, 6.45) is 14.9. The first-order chi connectivity index (χ1) is 12.2. The zero-order valence-electron chi connectivity index (χ0n) is 18.8. The summed E-state index contributed by atoms with van der Waals surface area (Å²) in [5, 5.41) is 0. The van der Waals surface area contributed by atoms with Crippen LogP contribution in [0.1, 0.15) is 81.1 Å². The van der Waals surface area contributed by atoms with E-state index in [9.17, 15) is 0 Å². The van der Waals surface area contributed by atoms with E-state index in [1.807, 2.05) is 5.57 Å². The lowest BCUT2D eigenvalue weighted by Gasteiger charge is -2.34. The van der Waals surface area contributed by atoms with Crippen molar-refractivity contribution in [3.05, 3.63) is 34.9 Å². The Morgan fingerprint density at radius 1 is 0.962 bits per heavy atom. The summed E-state index contributed by atoms with van der Waals surface area (Å²) in [5.41, 5.74) is 4.77. The molecular formula is C25H43B. The summed E-state index contributed by atoms with van der Waals surface area (Å²) in [6, 6.07) is 0. The molecule has 1 fully saturated rings. The average Bonchev–Trinajstić information content (AvgIpc) is 3.14. The molecule has 2 aliphatic rings. The molecule has 0 saturated heterocycles. The van der Waals surface area contributed by atoms with Gasteiger partial charge in [0.2, 0.25) is 0 Å². The van der Waals surface area contributed by atoms with Crippen LogP contribution in [0.3, 0.4) is 0 Å². The van der Waals surface area contributed by atoms with Gasteiger partial charge in [0, 0.05) is 0 Å². The smallest absolute Gasteiger partial charge is 0.0897 e. The molecule has 1 heteroatoms. The van der Waals surface area contributed by atoms with Gasteiger partial charge in [-0.3, -0.25) is 0 Å². The lowest BCUT2D eigenvalue weighted by atomic mass is 9.28. The second kappa shape index (κ2) is 9.47. The second-order valence-corrected chi connectivity index (χ2v) is 10.3. The molecule has 0 heterocycles. The van der Waals surface area contributed by atoms with Crippen molar-refractivity contribution in [3.63, 3.8) is 0 Å². The van der Waals surface area contributed by atoms with Gasteiger partial charge in [0.1, 0.15) is 0 Å². The van der Waals surface area contributed by atoms with E-state index in [4.69, 9.17) is 0 Å². The van der Waals surface area contributed by atoms with Crippen LogP contribution in [0.4, 0.5) is 0 Å². The Kier molecular flexibility index (Phi) is 7.86. The third kappa shape index (κ3) is 5.64. The highest BCUT2D eigenvalue weighted by Crippen LogP contribution is 2.47. The Morgan fingerprint density at radius 3 is 1.85 bits per heavy atom. The highest BCUT2D eigenvalue weighted by Gasteiger charge is 2.37. The van der Waals surface area contributed by atoms with Crippen molar-refractivity contribution in [2.75, 3.05) is 0 Å². The highest BCUT2D eigenvalue weighted by atomic mass is 14.4. The minimum atomic E-state index is 0.683. The maximum Gasteiger partial charge on any atom is 0.155 e. The predicted molar refractivity (Wildman–Crippen MR) is 120 cm³/mol. The topological polar surface area (TPSA) is 0 Å². The molecule has 2 aliphatic carbocycles. The molecule has 2 rings (SSSR count). The molecule has 0 aromatic carbocycles. The molecule has 2 bridgehead atoms. The lowest BCUT2D eigenvalue weighted by Crippen LogP contribution is -2.31. The Balaban J connectivity index is 2.25. The van der Waals surface area contributed by atoms with Gasteiger partial charge in [-0.2, -0.15) is 0 Å². The summed E-state index contributed by atoms with van der Waals surface area (Å²) in [7, 11) is 0. The molecule has 146 valence electrons. The Morgan fingerprint density at radius 2 is 1.50 bits per heavy atom. The molecule has 1 saturated carbocycles. The van der Waals surface area contributed by atoms with Crippen molar-refractivity contribution in [2.45, 2.75) is 99.0 Å². The van der Waals surface area contributed by atoms with Crippen LogP contribution in [0.15, 0.2) is 34.9 Å². The first-order valence-electron chi connectivity index (χ1n) is 11.2. The summed E-state index contributed by atoms with van der Waals surface area (Å²) in [5.74, 6) is 4.63. The van der Waals surface area contributed by atoms with Gasteiger partial charge in [-0.15, -0.1) is 0 Å². The van der Waals surface area contributed by atoms with Crippen LogP contribution in [0.5, 0.6) is 0 Å². The summed E-state index contributed by atoms with van der Waals surface area (Å²) < 4.78 is 0. The van der Waals surface area contributed by atoms with Crippen molar-refractivity contribution in [2.24, 2.45) is 23.7 Å². The van der Waals surface area contributed by atoms with E-state index in [-0.39, 0.29) is 0 Å². The number of hydrogen-bond acceptors (Lipinski definition) is 0. The zero-order valence-corrected chi connectivity index (χ0v) is 18.8.